The third-order valence-corrected chi connectivity index (χ3v) is 2.69. The van der Waals surface area contributed by atoms with Gasteiger partial charge in [-0.15, -0.1) is 0 Å². The molecule has 0 amide bonds. The number of anilines is 1. The van der Waals surface area contributed by atoms with E-state index in [2.05, 4.69) is 4.98 Å². The molecule has 0 spiro atoms. The van der Waals surface area contributed by atoms with Gasteiger partial charge in [-0.2, -0.15) is 0 Å². The lowest BCUT2D eigenvalue weighted by molar-refractivity contribution is -0.164. The summed E-state index contributed by atoms with van der Waals surface area (Å²) in [6.07, 6.45) is -4.26. The smallest absolute Gasteiger partial charge is 0.335 e. The second-order valence-electron chi connectivity index (χ2n) is 4.61. The molecule has 0 bridgehead atoms. The molecule has 0 saturated carbocycles. The molecule has 6 N–H and O–H groups in total. The quantitative estimate of drug-likeness (QED) is 0.338. The normalized spacial score (nSPS) is 15.8. The molecular weight excluding hydrogens is 296 g/mol. The maximum absolute atomic E-state index is 10.1. The number of hydrogen-bond acceptors (Lipinski definition) is 8. The summed E-state index contributed by atoms with van der Waals surface area (Å²) in [7, 11) is 4.02. The van der Waals surface area contributed by atoms with E-state index >= 15 is 0 Å². The van der Waals surface area contributed by atoms with E-state index in [4.69, 9.17) is 30.6 Å². The highest BCUT2D eigenvalue weighted by atomic mass is 16.4. The van der Waals surface area contributed by atoms with Crippen LogP contribution in [-0.4, -0.2) is 86.7 Å². The van der Waals surface area contributed by atoms with Gasteiger partial charge in [-0.05, 0) is 12.1 Å². The Morgan fingerprint density at radius 2 is 1.64 bits per heavy atom. The van der Waals surface area contributed by atoms with Gasteiger partial charge in [-0.25, -0.2) is 4.79 Å². The first-order valence-corrected chi connectivity index (χ1v) is 6.35. The molecule has 0 aliphatic heterocycles. The molecule has 4 atom stereocenters. The third-order valence-electron chi connectivity index (χ3n) is 2.69. The summed E-state index contributed by atoms with van der Waals surface area (Å²) in [5.74, 6) is -1.73. The third kappa shape index (κ3) is 6.78. The number of carbonyl (C=O) groups is 1. The second-order valence-corrected chi connectivity index (χ2v) is 4.61. The van der Waals surface area contributed by atoms with Gasteiger partial charge in [0, 0.05) is 32.2 Å². The predicted octanol–water partition coefficient (Wildman–Crippen LogP) is -2.35. The van der Waals surface area contributed by atoms with Gasteiger partial charge in [-0.1, -0.05) is 0 Å². The molecule has 0 radical (unpaired) electrons. The minimum Gasteiger partial charge on any atom is -0.479 e. The van der Waals surface area contributed by atoms with Crippen LogP contribution in [0.3, 0.4) is 0 Å². The van der Waals surface area contributed by atoms with E-state index in [0.717, 1.165) is 0 Å². The van der Waals surface area contributed by atoms with Gasteiger partial charge < -0.3 is 35.5 Å². The van der Waals surface area contributed by atoms with Crippen molar-refractivity contribution in [2.75, 3.05) is 25.6 Å². The average Bonchev–Trinajstić information content (AvgIpc) is 2.53. The molecule has 22 heavy (non-hydrogen) atoms. The number of aliphatic hydroxyl groups excluding tert-OH is 5. The molecule has 9 nitrogen and oxygen atoms in total. The summed E-state index contributed by atoms with van der Waals surface area (Å²) < 4.78 is 0. The molecule has 0 fully saturated rings. The highest BCUT2D eigenvalue weighted by Gasteiger charge is 2.33. The molecule has 1 aromatic rings. The molecule has 9 heteroatoms. The summed E-state index contributed by atoms with van der Waals surface area (Å²) in [6, 6.07) is 3.94. The lowest BCUT2D eigenvalue weighted by Gasteiger charge is -2.23. The first-order chi connectivity index (χ1) is 10.2. The van der Waals surface area contributed by atoms with Crippen LogP contribution in [-0.2, 0) is 4.79 Å². The first kappa shape index (κ1) is 20.2. The van der Waals surface area contributed by atoms with Crippen LogP contribution in [0.2, 0.25) is 0 Å². The fourth-order valence-corrected chi connectivity index (χ4v) is 1.31. The number of rotatable bonds is 6. The van der Waals surface area contributed by atoms with E-state index in [9.17, 15) is 4.79 Å². The van der Waals surface area contributed by atoms with E-state index in [1.165, 1.54) is 5.69 Å². The van der Waals surface area contributed by atoms with E-state index in [0.29, 0.717) is 0 Å². The summed E-state index contributed by atoms with van der Waals surface area (Å²) in [5, 5.41) is 51.8. The van der Waals surface area contributed by atoms with Crippen molar-refractivity contribution in [1.82, 2.24) is 4.98 Å². The van der Waals surface area contributed by atoms with Gasteiger partial charge in [0.25, 0.3) is 0 Å². The van der Waals surface area contributed by atoms with Gasteiger partial charge in [0.15, 0.2) is 6.10 Å². The van der Waals surface area contributed by atoms with Crippen LogP contribution >= 0.6 is 0 Å². The summed E-state index contributed by atoms with van der Waals surface area (Å²) in [4.78, 5) is 16.0. The highest BCUT2D eigenvalue weighted by Crippen LogP contribution is 2.06. The number of aliphatic hydroxyl groups is 5. The first-order valence-electron chi connectivity index (χ1n) is 6.35. The largest absolute Gasteiger partial charge is 0.479 e. The zero-order valence-electron chi connectivity index (χ0n) is 12.3. The monoisotopic (exact) mass is 318 g/mol. The Kier molecular flexibility index (Phi) is 9.22. The Bertz CT molecular complexity index is 430. The fourth-order valence-electron chi connectivity index (χ4n) is 1.31. The number of aromatic nitrogens is 1. The maximum atomic E-state index is 10.1. The molecule has 4 unspecified atom stereocenters. The van der Waals surface area contributed by atoms with Crippen LogP contribution in [0.25, 0.3) is 0 Å². The van der Waals surface area contributed by atoms with Gasteiger partial charge in [0.2, 0.25) is 0 Å². The van der Waals surface area contributed by atoms with Crippen molar-refractivity contribution >= 4 is 11.7 Å². The van der Waals surface area contributed by atoms with Gasteiger partial charge in [0.05, 0.1) is 6.61 Å². The van der Waals surface area contributed by atoms with Gasteiger partial charge in [0.1, 0.15) is 18.3 Å². The van der Waals surface area contributed by atoms with Crippen molar-refractivity contribution in [3.05, 3.63) is 24.5 Å². The SMILES string of the molecule is CN(C)c1ccncc1.O=C(O)C(O)C(O)C(O)C(O)CO. The highest BCUT2D eigenvalue weighted by molar-refractivity contribution is 5.72. The minimum absolute atomic E-state index is 0.843. The Morgan fingerprint density at radius 3 is 1.95 bits per heavy atom. The van der Waals surface area contributed by atoms with Crippen LogP contribution in [0, 0.1) is 0 Å². The number of hydrogen-bond donors (Lipinski definition) is 6. The van der Waals surface area contributed by atoms with Crippen LogP contribution in [0.4, 0.5) is 5.69 Å². The standard InChI is InChI=1S/C7H10N2.C6H12O7/c1-9(2)7-3-5-8-6-4-7;7-1-2(8)3(9)4(10)5(11)6(12)13/h3-6H,1-2H3;2-5,7-11H,1H2,(H,12,13). The number of carboxylic acids is 1. The second kappa shape index (κ2) is 10.0. The lowest BCUT2D eigenvalue weighted by atomic mass is 10.0. The van der Waals surface area contributed by atoms with E-state index in [-0.39, 0.29) is 0 Å². The van der Waals surface area contributed by atoms with Crippen LogP contribution in [0.15, 0.2) is 24.5 Å². The van der Waals surface area contributed by atoms with Gasteiger partial charge in [-0.3, -0.25) is 4.98 Å². The van der Waals surface area contributed by atoms with Crippen molar-refractivity contribution < 1.29 is 35.4 Å². The molecule has 1 heterocycles. The maximum Gasteiger partial charge on any atom is 0.335 e. The molecule has 0 saturated heterocycles. The predicted molar refractivity (Wildman–Crippen MR) is 77.3 cm³/mol. The number of pyridine rings is 1. The molecule has 1 rings (SSSR count). The van der Waals surface area contributed by atoms with Crippen molar-refractivity contribution in [2.24, 2.45) is 0 Å². The molecule has 1 aromatic heterocycles. The van der Waals surface area contributed by atoms with Crippen LogP contribution in [0.1, 0.15) is 0 Å². The number of nitrogens with zero attached hydrogens (tertiary/aromatic N) is 2. The molecule has 126 valence electrons. The number of carboxylic acid groups (broad SMARTS) is 1. The molecule has 0 aromatic carbocycles. The van der Waals surface area contributed by atoms with Crippen LogP contribution in [0.5, 0.6) is 0 Å². The van der Waals surface area contributed by atoms with Gasteiger partial charge >= 0.3 is 5.97 Å². The van der Waals surface area contributed by atoms with Crippen molar-refractivity contribution in [1.29, 1.82) is 0 Å². The van der Waals surface area contributed by atoms with E-state index in [1.807, 2.05) is 31.1 Å². The molecular formula is C13H22N2O7. The molecule has 0 aliphatic carbocycles. The topological polar surface area (TPSA) is 155 Å². The Morgan fingerprint density at radius 1 is 1.14 bits per heavy atom. The summed E-state index contributed by atoms with van der Waals surface area (Å²) in [6.45, 7) is -0.843. The number of aliphatic carboxylic acids is 1. The average molecular weight is 318 g/mol. The Hall–Kier alpha value is -1.78. The van der Waals surface area contributed by atoms with E-state index in [1.54, 1.807) is 12.4 Å². The minimum atomic E-state index is -2.20. The van der Waals surface area contributed by atoms with Crippen molar-refractivity contribution in [3.63, 3.8) is 0 Å². The zero-order chi connectivity index (χ0) is 17.3. The Balaban J connectivity index is 0.000000425. The lowest BCUT2D eigenvalue weighted by Crippen LogP contribution is -2.48. The Labute approximate surface area is 127 Å². The van der Waals surface area contributed by atoms with E-state index < -0.39 is 37.0 Å². The van der Waals surface area contributed by atoms with Crippen molar-refractivity contribution in [2.45, 2.75) is 24.4 Å². The fraction of sp³-hybridized carbons (Fsp3) is 0.538. The summed E-state index contributed by atoms with van der Waals surface area (Å²) in [5.41, 5.74) is 1.19. The summed E-state index contributed by atoms with van der Waals surface area (Å²) >= 11 is 0. The van der Waals surface area contributed by atoms with Crippen molar-refractivity contribution in [3.8, 4) is 0 Å². The molecule has 0 aliphatic rings. The van der Waals surface area contributed by atoms with Crippen LogP contribution < -0.4 is 4.90 Å². The zero-order valence-corrected chi connectivity index (χ0v) is 12.3.